The lowest BCUT2D eigenvalue weighted by Gasteiger charge is -2.32. The summed E-state index contributed by atoms with van der Waals surface area (Å²) in [6, 6.07) is 7.16. The van der Waals surface area contributed by atoms with Crippen molar-refractivity contribution in [1.82, 2.24) is 0 Å². The molecule has 1 aromatic carbocycles. The quantitative estimate of drug-likeness (QED) is 0.823. The second kappa shape index (κ2) is 4.66. The van der Waals surface area contributed by atoms with Crippen molar-refractivity contribution in [3.8, 4) is 5.75 Å². The summed E-state index contributed by atoms with van der Waals surface area (Å²) in [5.41, 5.74) is 0.734. The predicted molar refractivity (Wildman–Crippen MR) is 78.9 cm³/mol. The number of benzene rings is 1. The topological polar surface area (TPSA) is 63.7 Å². The molecular formula is C13H15NO4S2. The summed E-state index contributed by atoms with van der Waals surface area (Å²) in [7, 11) is -1.47. The lowest BCUT2D eigenvalue weighted by molar-refractivity contribution is -0.116. The SMILES string of the molecule is COc1ccc(N2C(=O)CS[C@]23CCS(=O)(=O)C3)cc1. The van der Waals surface area contributed by atoms with Crippen LogP contribution in [-0.2, 0) is 14.6 Å². The molecule has 1 spiro atoms. The van der Waals surface area contributed by atoms with Crippen molar-refractivity contribution in [2.75, 3.05) is 29.3 Å². The first kappa shape index (κ1) is 13.8. The summed E-state index contributed by atoms with van der Waals surface area (Å²) in [6.45, 7) is 0. The molecule has 0 saturated carbocycles. The van der Waals surface area contributed by atoms with E-state index >= 15 is 0 Å². The van der Waals surface area contributed by atoms with Crippen LogP contribution in [0.3, 0.4) is 0 Å². The summed E-state index contributed by atoms with van der Waals surface area (Å²) < 4.78 is 28.7. The Hall–Kier alpha value is -1.21. The third-order valence-electron chi connectivity index (χ3n) is 3.70. The summed E-state index contributed by atoms with van der Waals surface area (Å²) in [5.74, 6) is 1.21. The van der Waals surface area contributed by atoms with Crippen molar-refractivity contribution >= 4 is 33.2 Å². The highest BCUT2D eigenvalue weighted by Gasteiger charge is 2.53. The molecule has 2 heterocycles. The Balaban J connectivity index is 1.98. The number of ether oxygens (including phenoxy) is 1. The molecule has 0 unspecified atom stereocenters. The van der Waals surface area contributed by atoms with Gasteiger partial charge in [0.05, 0.1) is 24.4 Å². The van der Waals surface area contributed by atoms with Gasteiger partial charge in [0.15, 0.2) is 9.84 Å². The second-order valence-corrected chi connectivity index (χ2v) is 8.53. The van der Waals surface area contributed by atoms with E-state index in [0.717, 1.165) is 5.69 Å². The molecule has 2 fully saturated rings. The lowest BCUT2D eigenvalue weighted by atomic mass is 10.1. The number of carbonyl (C=O) groups is 1. The number of hydrogen-bond acceptors (Lipinski definition) is 5. The molecular weight excluding hydrogens is 298 g/mol. The molecule has 0 bridgehead atoms. The van der Waals surface area contributed by atoms with E-state index in [1.807, 2.05) is 0 Å². The van der Waals surface area contributed by atoms with E-state index < -0.39 is 14.7 Å². The van der Waals surface area contributed by atoms with Gasteiger partial charge in [-0.05, 0) is 30.7 Å². The molecule has 7 heteroatoms. The van der Waals surface area contributed by atoms with E-state index in [4.69, 9.17) is 4.74 Å². The van der Waals surface area contributed by atoms with Crippen LogP contribution in [0.2, 0.25) is 0 Å². The van der Waals surface area contributed by atoms with E-state index in [1.165, 1.54) is 11.8 Å². The maximum Gasteiger partial charge on any atom is 0.238 e. The van der Waals surface area contributed by atoms with Gasteiger partial charge in [-0.15, -0.1) is 11.8 Å². The largest absolute Gasteiger partial charge is 0.497 e. The van der Waals surface area contributed by atoms with Crippen molar-refractivity contribution in [3.63, 3.8) is 0 Å². The molecule has 1 atom stereocenters. The summed E-state index contributed by atoms with van der Waals surface area (Å²) >= 11 is 1.44. The van der Waals surface area contributed by atoms with Crippen LogP contribution in [0.15, 0.2) is 24.3 Å². The smallest absolute Gasteiger partial charge is 0.238 e. The minimum absolute atomic E-state index is 0.0303. The van der Waals surface area contributed by atoms with Gasteiger partial charge in [-0.25, -0.2) is 8.42 Å². The Kier molecular flexibility index (Phi) is 3.21. The van der Waals surface area contributed by atoms with Crippen LogP contribution in [0.25, 0.3) is 0 Å². The zero-order valence-corrected chi connectivity index (χ0v) is 12.7. The predicted octanol–water partition coefficient (Wildman–Crippen LogP) is 1.29. The van der Waals surface area contributed by atoms with Crippen LogP contribution in [0, 0.1) is 0 Å². The van der Waals surface area contributed by atoms with Crippen LogP contribution < -0.4 is 9.64 Å². The monoisotopic (exact) mass is 313 g/mol. The average Bonchev–Trinajstić information content (AvgIpc) is 2.90. The normalized spacial score (nSPS) is 28.2. The number of carbonyl (C=O) groups excluding carboxylic acids is 1. The van der Waals surface area contributed by atoms with Crippen molar-refractivity contribution in [1.29, 1.82) is 0 Å². The minimum Gasteiger partial charge on any atom is -0.497 e. The molecule has 2 aliphatic heterocycles. The number of nitrogens with zero attached hydrogens (tertiary/aromatic N) is 1. The molecule has 108 valence electrons. The molecule has 1 aromatic rings. The third kappa shape index (κ3) is 2.18. The summed E-state index contributed by atoms with van der Waals surface area (Å²) in [4.78, 5) is 13.2. The van der Waals surface area contributed by atoms with Crippen molar-refractivity contribution in [3.05, 3.63) is 24.3 Å². The number of hydrogen-bond donors (Lipinski definition) is 0. The highest BCUT2D eigenvalue weighted by molar-refractivity contribution is 8.03. The molecule has 20 heavy (non-hydrogen) atoms. The molecule has 5 nitrogen and oxygen atoms in total. The fraction of sp³-hybridized carbons (Fsp3) is 0.462. The van der Waals surface area contributed by atoms with Gasteiger partial charge in [-0.2, -0.15) is 0 Å². The minimum atomic E-state index is -3.05. The second-order valence-electron chi connectivity index (χ2n) is 5.00. The molecule has 1 amide bonds. The molecule has 0 aliphatic carbocycles. The molecule has 3 rings (SSSR count). The number of rotatable bonds is 2. The fourth-order valence-corrected chi connectivity index (χ4v) is 6.62. The Morgan fingerprint density at radius 3 is 2.55 bits per heavy atom. The zero-order chi connectivity index (χ0) is 14.4. The summed E-state index contributed by atoms with van der Waals surface area (Å²) in [5, 5.41) is 0. The third-order valence-corrected chi connectivity index (χ3v) is 7.09. The van der Waals surface area contributed by atoms with Crippen LogP contribution in [0.5, 0.6) is 5.75 Å². The van der Waals surface area contributed by atoms with Crippen LogP contribution in [0.1, 0.15) is 6.42 Å². The van der Waals surface area contributed by atoms with Crippen molar-refractivity contribution in [2.45, 2.75) is 11.3 Å². The van der Waals surface area contributed by atoms with Gasteiger partial charge in [0.25, 0.3) is 0 Å². The highest BCUT2D eigenvalue weighted by Crippen LogP contribution is 2.47. The molecule has 2 aliphatic rings. The number of amides is 1. The van der Waals surface area contributed by atoms with Crippen LogP contribution in [0.4, 0.5) is 5.69 Å². The molecule has 0 N–H and O–H groups in total. The number of sulfone groups is 1. The number of anilines is 1. The van der Waals surface area contributed by atoms with E-state index in [-0.39, 0.29) is 17.4 Å². The molecule has 2 saturated heterocycles. The Bertz CT molecular complexity index is 641. The van der Waals surface area contributed by atoms with Crippen LogP contribution >= 0.6 is 11.8 Å². The van der Waals surface area contributed by atoms with E-state index in [9.17, 15) is 13.2 Å². The van der Waals surface area contributed by atoms with Gasteiger partial charge in [-0.3, -0.25) is 9.69 Å². The van der Waals surface area contributed by atoms with Crippen LogP contribution in [-0.4, -0.2) is 43.6 Å². The van der Waals surface area contributed by atoms with Gasteiger partial charge < -0.3 is 4.74 Å². The van der Waals surface area contributed by atoms with E-state index in [1.54, 1.807) is 36.3 Å². The van der Waals surface area contributed by atoms with E-state index in [2.05, 4.69) is 0 Å². The van der Waals surface area contributed by atoms with Gasteiger partial charge in [0.2, 0.25) is 5.91 Å². The Morgan fingerprint density at radius 2 is 2.00 bits per heavy atom. The molecule has 0 aromatic heterocycles. The van der Waals surface area contributed by atoms with Gasteiger partial charge in [0, 0.05) is 5.69 Å². The van der Waals surface area contributed by atoms with Gasteiger partial charge in [-0.1, -0.05) is 0 Å². The average molecular weight is 313 g/mol. The maximum absolute atomic E-state index is 12.2. The van der Waals surface area contributed by atoms with Crippen molar-refractivity contribution in [2.24, 2.45) is 0 Å². The standard InChI is InChI=1S/C13H15NO4S2/c1-18-11-4-2-10(3-5-11)14-12(15)8-19-13(14)6-7-20(16,17)9-13/h2-5H,6-9H2,1H3/t13-/m0/s1. The summed E-state index contributed by atoms with van der Waals surface area (Å²) in [6.07, 6.45) is 0.498. The first-order valence-corrected chi connectivity index (χ1v) is 9.08. The number of methoxy groups -OCH3 is 1. The van der Waals surface area contributed by atoms with Crippen molar-refractivity contribution < 1.29 is 17.9 Å². The fourth-order valence-electron chi connectivity index (χ4n) is 2.76. The van der Waals surface area contributed by atoms with E-state index in [0.29, 0.717) is 17.9 Å². The highest BCUT2D eigenvalue weighted by atomic mass is 32.2. The Morgan fingerprint density at radius 1 is 1.30 bits per heavy atom. The first-order valence-electron chi connectivity index (χ1n) is 6.27. The Labute approximate surface area is 122 Å². The zero-order valence-electron chi connectivity index (χ0n) is 11.0. The number of thioether (sulfide) groups is 1. The molecule has 0 radical (unpaired) electrons. The van der Waals surface area contributed by atoms with Gasteiger partial charge in [0.1, 0.15) is 10.6 Å². The van der Waals surface area contributed by atoms with Gasteiger partial charge >= 0.3 is 0 Å². The maximum atomic E-state index is 12.2. The first-order chi connectivity index (χ1) is 9.46. The lowest BCUT2D eigenvalue weighted by Crippen LogP contribution is -2.45.